The van der Waals surface area contributed by atoms with Gasteiger partial charge in [-0.05, 0) is 55.9 Å². The highest BCUT2D eigenvalue weighted by Gasteiger charge is 2.40. The van der Waals surface area contributed by atoms with Gasteiger partial charge in [0.1, 0.15) is 5.82 Å². The molecule has 6 atom stereocenters. The van der Waals surface area contributed by atoms with E-state index in [9.17, 15) is 5.11 Å². The maximum atomic E-state index is 10.5. The largest absolute Gasteiger partial charge is 0.464 e. The summed E-state index contributed by atoms with van der Waals surface area (Å²) < 4.78 is 5.72. The van der Waals surface area contributed by atoms with Gasteiger partial charge < -0.3 is 9.84 Å². The summed E-state index contributed by atoms with van der Waals surface area (Å²) in [6, 6.07) is 0.365. The van der Waals surface area contributed by atoms with Crippen molar-refractivity contribution in [3.63, 3.8) is 0 Å². The molecule has 0 saturated carbocycles. The second-order valence-electron chi connectivity index (χ2n) is 8.57. The third-order valence-corrected chi connectivity index (χ3v) is 6.79. The number of aliphatic hydroxyl groups is 1. The first kappa shape index (κ1) is 19.4. The lowest BCUT2D eigenvalue weighted by atomic mass is 9.63. The summed E-state index contributed by atoms with van der Waals surface area (Å²) in [4.78, 5) is 14.2. The van der Waals surface area contributed by atoms with Gasteiger partial charge in [0.15, 0.2) is 5.82 Å². The van der Waals surface area contributed by atoms with Crippen molar-refractivity contribution in [2.24, 2.45) is 23.7 Å². The quantitative estimate of drug-likeness (QED) is 0.755. The van der Waals surface area contributed by atoms with Crippen LogP contribution in [-0.4, -0.2) is 32.8 Å². The van der Waals surface area contributed by atoms with Crippen LogP contribution >= 0.6 is 0 Å². The lowest BCUT2D eigenvalue weighted by Gasteiger charge is -2.41. The van der Waals surface area contributed by atoms with Gasteiger partial charge in [0, 0.05) is 11.8 Å². The Balaban J connectivity index is 1.59. The van der Waals surface area contributed by atoms with Crippen LogP contribution in [0.2, 0.25) is 0 Å². The molecule has 4 aliphatic carbocycles. The summed E-state index contributed by atoms with van der Waals surface area (Å²) in [5, 5.41) is 10.5. The smallest absolute Gasteiger partial charge is 0.320 e. The van der Waals surface area contributed by atoms with E-state index in [1.54, 1.807) is 0 Å². The van der Waals surface area contributed by atoms with E-state index in [0.29, 0.717) is 42.1 Å². The number of hydrogen-bond donors (Lipinski definition) is 1. The van der Waals surface area contributed by atoms with Gasteiger partial charge in [-0.3, -0.25) is 0 Å². The molecular weight excluding hydrogens is 374 g/mol. The Bertz CT molecular complexity index is 946. The maximum Gasteiger partial charge on any atom is 0.320 e. The van der Waals surface area contributed by atoms with Crippen molar-refractivity contribution in [1.82, 2.24) is 15.0 Å². The first-order chi connectivity index (χ1) is 14.7. The fraction of sp³-hybridized carbons (Fsp3) is 0.480. The predicted molar refractivity (Wildman–Crippen MR) is 117 cm³/mol. The number of hydrogen-bond acceptors (Lipinski definition) is 5. The van der Waals surface area contributed by atoms with E-state index < -0.39 is 6.10 Å². The van der Waals surface area contributed by atoms with E-state index in [-0.39, 0.29) is 5.92 Å². The Morgan fingerprint density at radius 2 is 1.73 bits per heavy atom. The van der Waals surface area contributed by atoms with Gasteiger partial charge in [0.25, 0.3) is 0 Å². The molecule has 5 heteroatoms. The number of aliphatic hydroxyl groups excluding tert-OH is 1. The highest BCUT2D eigenvalue weighted by molar-refractivity contribution is 5.66. The molecule has 0 bridgehead atoms. The van der Waals surface area contributed by atoms with Crippen LogP contribution in [0.15, 0.2) is 54.7 Å². The van der Waals surface area contributed by atoms with Crippen LogP contribution in [0.5, 0.6) is 6.01 Å². The molecule has 4 aliphatic rings. The monoisotopic (exact) mass is 403 g/mol. The fourth-order valence-electron chi connectivity index (χ4n) is 5.34. The molecule has 1 N–H and O–H groups in total. The Kier molecular flexibility index (Phi) is 5.38. The highest BCUT2D eigenvalue weighted by atomic mass is 16.5. The minimum absolute atomic E-state index is 0.118. The standard InChI is InChI=1S/C25H29N3O2/c1-2-30-25-27-23(20-13-7-8-14-22(20)29)26-24(28-25)21-15-16-9-3-4-10-17(16)18-11-5-6-12-19(18)21/h3-5,8-11,14-20,22,29H,2,6-7,12-13H2,1H3. The van der Waals surface area contributed by atoms with Crippen LogP contribution in [0.4, 0.5) is 0 Å². The molecule has 5 nitrogen and oxygen atoms in total. The molecule has 5 rings (SSSR count). The molecule has 0 aliphatic heterocycles. The summed E-state index contributed by atoms with van der Waals surface area (Å²) in [7, 11) is 0. The topological polar surface area (TPSA) is 68.1 Å². The van der Waals surface area contributed by atoms with Gasteiger partial charge in [0.05, 0.1) is 12.7 Å². The van der Waals surface area contributed by atoms with Crippen molar-refractivity contribution in [2.75, 3.05) is 6.61 Å². The first-order valence-corrected chi connectivity index (χ1v) is 11.2. The SMILES string of the molecule is CCOc1nc(C2=CC3C=CC=CC3C3C=CCCC23)nc(C2CCC=CC2O)n1. The van der Waals surface area contributed by atoms with E-state index in [1.807, 2.05) is 19.1 Å². The zero-order valence-electron chi connectivity index (χ0n) is 17.4. The average molecular weight is 404 g/mol. The van der Waals surface area contributed by atoms with Gasteiger partial charge >= 0.3 is 6.01 Å². The van der Waals surface area contributed by atoms with Gasteiger partial charge in [-0.1, -0.05) is 54.7 Å². The maximum absolute atomic E-state index is 10.5. The van der Waals surface area contributed by atoms with Crippen LogP contribution in [0.1, 0.15) is 50.2 Å². The molecule has 6 unspecified atom stereocenters. The second-order valence-corrected chi connectivity index (χ2v) is 8.57. The van der Waals surface area contributed by atoms with E-state index >= 15 is 0 Å². The second kappa shape index (κ2) is 8.31. The summed E-state index contributed by atoms with van der Waals surface area (Å²) in [5.41, 5.74) is 1.20. The zero-order chi connectivity index (χ0) is 20.5. The molecule has 30 heavy (non-hydrogen) atoms. The van der Waals surface area contributed by atoms with Crippen LogP contribution in [0.25, 0.3) is 5.57 Å². The van der Waals surface area contributed by atoms with Crippen molar-refractivity contribution >= 4 is 5.57 Å². The molecule has 156 valence electrons. The summed E-state index contributed by atoms with van der Waals surface area (Å²) in [6.07, 6.45) is 23.3. The minimum atomic E-state index is -0.565. The van der Waals surface area contributed by atoms with E-state index in [0.717, 1.165) is 31.5 Å². The summed E-state index contributed by atoms with van der Waals surface area (Å²) in [5.74, 6) is 2.96. The lowest BCUT2D eigenvalue weighted by molar-refractivity contribution is 0.173. The Hall–Kier alpha value is -2.53. The molecular formula is C25H29N3O2. The third-order valence-electron chi connectivity index (χ3n) is 6.79. The molecule has 0 saturated heterocycles. The Morgan fingerprint density at radius 1 is 0.933 bits per heavy atom. The number of aromatic nitrogens is 3. The van der Waals surface area contributed by atoms with Crippen molar-refractivity contribution in [3.05, 3.63) is 66.3 Å². The van der Waals surface area contributed by atoms with Crippen LogP contribution in [0, 0.1) is 23.7 Å². The third kappa shape index (κ3) is 3.56. The van der Waals surface area contributed by atoms with Crippen molar-refractivity contribution in [1.29, 1.82) is 0 Å². The van der Waals surface area contributed by atoms with E-state index in [2.05, 4.69) is 47.5 Å². The number of allylic oxidation sites excluding steroid dienone is 9. The van der Waals surface area contributed by atoms with E-state index in [4.69, 9.17) is 14.7 Å². The van der Waals surface area contributed by atoms with Gasteiger partial charge in [-0.2, -0.15) is 9.97 Å². The number of rotatable bonds is 4. The van der Waals surface area contributed by atoms with Crippen LogP contribution in [-0.2, 0) is 0 Å². The van der Waals surface area contributed by atoms with Gasteiger partial charge in [-0.15, -0.1) is 0 Å². The molecule has 0 fully saturated rings. The van der Waals surface area contributed by atoms with Crippen molar-refractivity contribution < 1.29 is 9.84 Å². The summed E-state index contributed by atoms with van der Waals surface area (Å²) >= 11 is 0. The molecule has 1 heterocycles. The number of ether oxygens (including phenoxy) is 1. The molecule has 0 spiro atoms. The zero-order valence-corrected chi connectivity index (χ0v) is 17.4. The molecule has 0 radical (unpaired) electrons. The van der Waals surface area contributed by atoms with Crippen LogP contribution in [0.3, 0.4) is 0 Å². The van der Waals surface area contributed by atoms with Gasteiger partial charge in [0.2, 0.25) is 0 Å². The lowest BCUT2D eigenvalue weighted by Crippen LogP contribution is -2.33. The average Bonchev–Trinajstić information content (AvgIpc) is 2.79. The minimum Gasteiger partial charge on any atom is -0.464 e. The Morgan fingerprint density at radius 3 is 2.57 bits per heavy atom. The number of fused-ring (bicyclic) bond motifs is 3. The Labute approximate surface area is 178 Å². The molecule has 0 amide bonds. The normalized spacial score (nSPS) is 34.3. The summed E-state index contributed by atoms with van der Waals surface area (Å²) in [6.45, 7) is 2.44. The molecule has 0 aromatic carbocycles. The van der Waals surface area contributed by atoms with E-state index in [1.165, 1.54) is 5.57 Å². The molecule has 1 aromatic rings. The van der Waals surface area contributed by atoms with Gasteiger partial charge in [-0.25, -0.2) is 4.98 Å². The van der Waals surface area contributed by atoms with Crippen molar-refractivity contribution in [2.45, 2.75) is 44.6 Å². The highest BCUT2D eigenvalue weighted by Crippen LogP contribution is 2.48. The number of nitrogens with zero attached hydrogens (tertiary/aromatic N) is 3. The first-order valence-electron chi connectivity index (χ1n) is 11.2. The predicted octanol–water partition coefficient (Wildman–Crippen LogP) is 4.40. The van der Waals surface area contributed by atoms with Crippen LogP contribution < -0.4 is 4.74 Å². The van der Waals surface area contributed by atoms with Crippen molar-refractivity contribution in [3.8, 4) is 6.01 Å². The fourth-order valence-corrected chi connectivity index (χ4v) is 5.34. The molecule has 1 aromatic heterocycles.